The lowest BCUT2D eigenvalue weighted by molar-refractivity contribution is -0.137. The van der Waals surface area contributed by atoms with E-state index in [1.807, 2.05) is 18.2 Å². The first kappa shape index (κ1) is 22.9. The molecule has 0 spiro atoms. The van der Waals surface area contributed by atoms with Gasteiger partial charge in [-0.3, -0.25) is 14.2 Å². The van der Waals surface area contributed by atoms with Gasteiger partial charge in [-0.2, -0.15) is 13.2 Å². The molecule has 0 saturated heterocycles. The molecule has 4 nitrogen and oxygen atoms in total. The number of anilines is 1. The lowest BCUT2D eigenvalue weighted by atomic mass is 9.75. The number of nitrogens with one attached hydrogen (secondary N) is 1. The molecule has 0 radical (unpaired) electrons. The highest BCUT2D eigenvalue weighted by molar-refractivity contribution is 8.00. The second-order valence-corrected chi connectivity index (χ2v) is 11.8. The number of carbonyl (C=O) groups is 1. The number of aromatic nitrogens is 1. The third-order valence-corrected chi connectivity index (χ3v) is 10.5. The van der Waals surface area contributed by atoms with Crippen molar-refractivity contribution >= 4 is 34.7 Å². The summed E-state index contributed by atoms with van der Waals surface area (Å²) in [4.78, 5) is 26.7. The summed E-state index contributed by atoms with van der Waals surface area (Å²) in [6.07, 6.45) is -0.961. The minimum atomic E-state index is -4.59. The average Bonchev–Trinajstić information content (AvgIpc) is 3.52. The lowest BCUT2D eigenvalue weighted by Gasteiger charge is -2.40. The molecule has 5 atom stereocenters. The Morgan fingerprint density at radius 1 is 1.03 bits per heavy atom. The van der Waals surface area contributed by atoms with Crippen LogP contribution in [-0.4, -0.2) is 15.7 Å². The number of nitrogens with zero attached hydrogens (tertiary/aromatic N) is 1. The summed E-state index contributed by atoms with van der Waals surface area (Å²) in [5, 5.41) is 3.58. The van der Waals surface area contributed by atoms with Crippen molar-refractivity contribution in [2.75, 3.05) is 5.32 Å². The smallest absolute Gasteiger partial charge is 0.324 e. The van der Waals surface area contributed by atoms with E-state index < -0.39 is 17.6 Å². The molecule has 2 heterocycles. The fourth-order valence-electron chi connectivity index (χ4n) is 6.29. The van der Waals surface area contributed by atoms with Crippen LogP contribution in [0.3, 0.4) is 0 Å². The monoisotopic (exact) mass is 516 g/mol. The van der Waals surface area contributed by atoms with Gasteiger partial charge in [0.1, 0.15) is 6.54 Å². The average molecular weight is 517 g/mol. The van der Waals surface area contributed by atoms with Crippen molar-refractivity contribution in [3.05, 3.63) is 80.3 Å². The van der Waals surface area contributed by atoms with E-state index in [0.717, 1.165) is 16.0 Å². The quantitative estimate of drug-likeness (QED) is 0.448. The number of hydrogen-bond acceptors (Lipinski definition) is 4. The van der Waals surface area contributed by atoms with Crippen molar-refractivity contribution in [1.82, 2.24) is 4.57 Å². The van der Waals surface area contributed by atoms with E-state index >= 15 is 0 Å². The number of hydrogen-bond donors (Lipinski definition) is 1. The Morgan fingerprint density at radius 3 is 2.51 bits per heavy atom. The van der Waals surface area contributed by atoms with Crippen LogP contribution < -0.4 is 10.2 Å². The Hall–Kier alpha value is -2.52. The predicted octanol–water partition coefficient (Wildman–Crippen LogP) is 6.22. The van der Waals surface area contributed by atoms with Crippen molar-refractivity contribution in [2.24, 2.45) is 17.8 Å². The van der Waals surface area contributed by atoms with Gasteiger partial charge in [-0.15, -0.1) is 11.8 Å². The number of para-hydroxylation sites is 1. The normalized spacial score (nSPS) is 26.9. The third kappa shape index (κ3) is 3.93. The van der Waals surface area contributed by atoms with E-state index in [0.29, 0.717) is 23.0 Å². The van der Waals surface area contributed by atoms with Gasteiger partial charge in [0.25, 0.3) is 0 Å². The molecule has 2 aromatic carbocycles. The number of amides is 1. The van der Waals surface area contributed by atoms with Crippen molar-refractivity contribution in [3.8, 4) is 0 Å². The Kier molecular flexibility index (Phi) is 5.60. The summed E-state index contributed by atoms with van der Waals surface area (Å²) < 4.78 is 41.5. The number of alkyl halides is 3. The third-order valence-electron chi connectivity index (χ3n) is 7.66. The van der Waals surface area contributed by atoms with Gasteiger partial charge in [0.05, 0.1) is 16.3 Å². The van der Waals surface area contributed by atoms with Gasteiger partial charge in [-0.05, 0) is 54.7 Å². The number of halogens is 3. The topological polar surface area (TPSA) is 51.1 Å². The van der Waals surface area contributed by atoms with Crippen LogP contribution in [0.2, 0.25) is 0 Å². The highest BCUT2D eigenvalue weighted by Crippen LogP contribution is 2.64. The molecule has 6 rings (SSSR count). The van der Waals surface area contributed by atoms with Crippen LogP contribution in [0.5, 0.6) is 0 Å². The number of thioether (sulfide) groups is 1. The molecule has 1 amide bonds. The van der Waals surface area contributed by atoms with Crippen LogP contribution in [-0.2, 0) is 17.5 Å². The number of thiazole rings is 1. The first-order valence-corrected chi connectivity index (χ1v) is 13.4. The summed E-state index contributed by atoms with van der Waals surface area (Å²) in [7, 11) is 0. The SMILES string of the molecule is O=C(Cn1c2c(sc1=O)C(c1ccccc1)C1C3CCC(C3)C1S2)Nc1ccccc1C(F)(F)F. The number of fused-ring (bicyclic) bond motifs is 6. The molecule has 2 aliphatic carbocycles. The first-order chi connectivity index (χ1) is 16.8. The van der Waals surface area contributed by atoms with Gasteiger partial charge in [0, 0.05) is 16.0 Å². The molecular formula is C26H23F3N2O2S2. The minimum Gasteiger partial charge on any atom is -0.324 e. The number of rotatable bonds is 4. The molecule has 1 N–H and O–H groups in total. The molecule has 5 unspecified atom stereocenters. The van der Waals surface area contributed by atoms with Gasteiger partial charge < -0.3 is 5.32 Å². The van der Waals surface area contributed by atoms with Crippen LogP contribution >= 0.6 is 23.1 Å². The highest BCUT2D eigenvalue weighted by atomic mass is 32.2. The Morgan fingerprint density at radius 2 is 1.74 bits per heavy atom. The van der Waals surface area contributed by atoms with Gasteiger partial charge in [-0.1, -0.05) is 53.8 Å². The summed E-state index contributed by atoms with van der Waals surface area (Å²) in [5.74, 6) is 1.18. The summed E-state index contributed by atoms with van der Waals surface area (Å²) in [6, 6.07) is 15.1. The maximum absolute atomic E-state index is 13.4. The van der Waals surface area contributed by atoms with Crippen LogP contribution in [0.1, 0.15) is 41.2 Å². The zero-order chi connectivity index (χ0) is 24.3. The molecule has 35 heavy (non-hydrogen) atoms. The minimum absolute atomic E-state index is 0.112. The molecule has 2 fully saturated rings. The zero-order valence-corrected chi connectivity index (χ0v) is 20.3. The van der Waals surface area contributed by atoms with E-state index in [9.17, 15) is 22.8 Å². The predicted molar refractivity (Wildman–Crippen MR) is 131 cm³/mol. The molecule has 182 valence electrons. The van der Waals surface area contributed by atoms with E-state index in [1.165, 1.54) is 58.9 Å². The van der Waals surface area contributed by atoms with E-state index in [1.54, 1.807) is 11.8 Å². The van der Waals surface area contributed by atoms with Crippen LogP contribution in [0.25, 0.3) is 0 Å². The van der Waals surface area contributed by atoms with E-state index in [4.69, 9.17) is 0 Å². The van der Waals surface area contributed by atoms with Gasteiger partial charge in [0.2, 0.25) is 5.91 Å². The van der Waals surface area contributed by atoms with Gasteiger partial charge >= 0.3 is 11.0 Å². The fraction of sp³-hybridized carbons (Fsp3) is 0.385. The van der Waals surface area contributed by atoms with Crippen LogP contribution in [0.15, 0.2) is 64.4 Å². The number of benzene rings is 2. The maximum atomic E-state index is 13.4. The molecule has 3 aliphatic rings. The first-order valence-electron chi connectivity index (χ1n) is 11.7. The maximum Gasteiger partial charge on any atom is 0.418 e. The van der Waals surface area contributed by atoms with Crippen molar-refractivity contribution < 1.29 is 18.0 Å². The second kappa shape index (κ2) is 8.55. The Balaban J connectivity index is 1.34. The second-order valence-electron chi connectivity index (χ2n) is 9.60. The lowest BCUT2D eigenvalue weighted by Crippen LogP contribution is -2.34. The van der Waals surface area contributed by atoms with Crippen molar-refractivity contribution in [1.29, 1.82) is 0 Å². The van der Waals surface area contributed by atoms with Gasteiger partial charge in [-0.25, -0.2) is 0 Å². The Labute approximate surface area is 208 Å². The zero-order valence-electron chi connectivity index (χ0n) is 18.6. The molecule has 3 aromatic rings. The molecule has 2 saturated carbocycles. The van der Waals surface area contributed by atoms with Gasteiger partial charge in [0.15, 0.2) is 0 Å². The fourth-order valence-corrected chi connectivity index (χ4v) is 9.44. The summed E-state index contributed by atoms with van der Waals surface area (Å²) in [6.45, 7) is -0.309. The largest absolute Gasteiger partial charge is 0.418 e. The van der Waals surface area contributed by atoms with Crippen LogP contribution in [0, 0.1) is 17.8 Å². The molecule has 1 aliphatic heterocycles. The summed E-state index contributed by atoms with van der Waals surface area (Å²) >= 11 is 2.88. The van der Waals surface area contributed by atoms with Crippen molar-refractivity contribution in [2.45, 2.75) is 48.2 Å². The Bertz CT molecular complexity index is 1330. The van der Waals surface area contributed by atoms with Crippen LogP contribution in [0.4, 0.5) is 18.9 Å². The highest BCUT2D eigenvalue weighted by Gasteiger charge is 2.55. The molecule has 9 heteroatoms. The molecular weight excluding hydrogens is 493 g/mol. The van der Waals surface area contributed by atoms with E-state index in [-0.39, 0.29) is 23.0 Å². The number of carbonyl (C=O) groups excluding carboxylic acids is 1. The molecule has 2 bridgehead atoms. The standard InChI is InChI=1S/C26H23F3N2O2S2/c27-26(28,29)17-8-4-5-9-18(17)30-19(32)13-31-24-23(35-25(31)33)20(14-6-2-1-3-7-14)21-15-10-11-16(12-15)22(21)34-24/h1-9,15-16,20-22H,10-13H2,(H,30,32). The van der Waals surface area contributed by atoms with Crippen molar-refractivity contribution in [3.63, 3.8) is 0 Å². The molecule has 1 aromatic heterocycles. The van der Waals surface area contributed by atoms with E-state index in [2.05, 4.69) is 17.4 Å². The summed E-state index contributed by atoms with van der Waals surface area (Å²) in [5.41, 5.74) is -0.0185.